The van der Waals surface area contributed by atoms with E-state index < -0.39 is 6.03 Å². The van der Waals surface area contributed by atoms with Crippen LogP contribution < -0.4 is 10.6 Å². The molecule has 0 saturated carbocycles. The Hall–Kier alpha value is -2.28. The number of hydrogen-bond donors (Lipinski definition) is 3. The van der Waals surface area contributed by atoms with E-state index in [1.54, 1.807) is 0 Å². The monoisotopic (exact) mass is 304 g/mol. The minimum absolute atomic E-state index is 0.111. The number of fused-ring (bicyclic) bond motifs is 1. The van der Waals surface area contributed by atoms with Crippen molar-refractivity contribution in [2.75, 3.05) is 12.3 Å². The Labute approximate surface area is 126 Å². The fraction of sp³-hybridized carbons (Fsp3) is 0.214. The number of hydrogen-bond acceptors (Lipinski definition) is 4. The highest BCUT2D eigenvalue weighted by atomic mass is 32.2. The summed E-state index contributed by atoms with van der Waals surface area (Å²) < 4.78 is 0. The number of carbonyl (C=O) groups excluding carboxylic acids is 2. The molecule has 0 bridgehead atoms. The molecule has 0 aliphatic rings. The third-order valence-electron chi connectivity index (χ3n) is 2.62. The largest absolute Gasteiger partial charge is 0.334 e. The van der Waals surface area contributed by atoms with Crippen LogP contribution in [0.3, 0.4) is 0 Å². The lowest BCUT2D eigenvalue weighted by atomic mass is 10.2. The van der Waals surface area contributed by atoms with Crippen molar-refractivity contribution in [3.8, 4) is 0 Å². The first kappa shape index (κ1) is 15.1. The third kappa shape index (κ3) is 4.35. The summed E-state index contributed by atoms with van der Waals surface area (Å²) in [7, 11) is 0. The molecule has 7 heteroatoms. The molecular formula is C14H16N4O2S. The number of imidazole rings is 1. The van der Waals surface area contributed by atoms with Crippen molar-refractivity contribution >= 4 is 34.7 Å². The van der Waals surface area contributed by atoms with Crippen LogP contribution in [0.25, 0.3) is 11.0 Å². The zero-order chi connectivity index (χ0) is 15.2. The molecule has 3 amide bonds. The number of aromatic amines is 1. The van der Waals surface area contributed by atoms with Gasteiger partial charge in [-0.15, -0.1) is 6.58 Å². The number of urea groups is 1. The van der Waals surface area contributed by atoms with Crippen LogP contribution in [0.15, 0.2) is 36.0 Å². The van der Waals surface area contributed by atoms with Gasteiger partial charge in [-0.3, -0.25) is 10.1 Å². The van der Waals surface area contributed by atoms with Crippen LogP contribution in [-0.4, -0.2) is 34.2 Å². The van der Waals surface area contributed by atoms with Crippen molar-refractivity contribution in [2.45, 2.75) is 12.1 Å². The van der Waals surface area contributed by atoms with E-state index in [0.717, 1.165) is 16.6 Å². The summed E-state index contributed by atoms with van der Waals surface area (Å²) in [5.41, 5.74) is 2.92. The van der Waals surface area contributed by atoms with E-state index in [9.17, 15) is 9.59 Å². The van der Waals surface area contributed by atoms with Gasteiger partial charge in [0.05, 0.1) is 16.8 Å². The zero-order valence-corrected chi connectivity index (χ0v) is 12.4. The Morgan fingerprint density at radius 2 is 2.29 bits per heavy atom. The number of carbonyl (C=O) groups is 2. The highest BCUT2D eigenvalue weighted by Gasteiger charge is 2.09. The van der Waals surface area contributed by atoms with E-state index in [0.29, 0.717) is 11.7 Å². The lowest BCUT2D eigenvalue weighted by Gasteiger charge is -2.03. The third-order valence-corrected chi connectivity index (χ3v) is 3.49. The van der Waals surface area contributed by atoms with Crippen molar-refractivity contribution in [3.05, 3.63) is 36.4 Å². The molecule has 3 N–H and O–H groups in total. The minimum atomic E-state index is -0.527. The van der Waals surface area contributed by atoms with Gasteiger partial charge in [-0.2, -0.15) is 0 Å². The Balaban J connectivity index is 1.87. The second-order valence-corrected chi connectivity index (χ2v) is 5.36. The van der Waals surface area contributed by atoms with E-state index in [2.05, 4.69) is 27.2 Å². The molecule has 0 atom stereocenters. The maximum Gasteiger partial charge on any atom is 0.321 e. The van der Waals surface area contributed by atoms with Gasteiger partial charge in [-0.05, 0) is 24.6 Å². The highest BCUT2D eigenvalue weighted by molar-refractivity contribution is 7.99. The fourth-order valence-electron chi connectivity index (χ4n) is 1.67. The lowest BCUT2D eigenvalue weighted by Crippen LogP contribution is -2.40. The highest BCUT2D eigenvalue weighted by Crippen LogP contribution is 2.19. The van der Waals surface area contributed by atoms with Crippen LogP contribution in [0.2, 0.25) is 0 Å². The average Bonchev–Trinajstić information content (AvgIpc) is 2.85. The quantitative estimate of drug-likeness (QED) is 0.582. The summed E-state index contributed by atoms with van der Waals surface area (Å²) in [5, 5.41) is 5.35. The topological polar surface area (TPSA) is 86.9 Å². The number of H-pyrrole nitrogens is 1. The van der Waals surface area contributed by atoms with Crippen LogP contribution in [0.1, 0.15) is 5.56 Å². The molecule has 1 aromatic heterocycles. The Morgan fingerprint density at radius 3 is 3.05 bits per heavy atom. The average molecular weight is 304 g/mol. The summed E-state index contributed by atoms with van der Waals surface area (Å²) in [5.74, 6) is -0.265. The van der Waals surface area contributed by atoms with Crippen molar-refractivity contribution in [2.24, 2.45) is 0 Å². The first-order valence-electron chi connectivity index (χ1n) is 6.36. The molecule has 1 heterocycles. The maximum absolute atomic E-state index is 11.6. The van der Waals surface area contributed by atoms with Crippen LogP contribution in [-0.2, 0) is 4.79 Å². The summed E-state index contributed by atoms with van der Waals surface area (Å²) in [6.45, 7) is 5.79. The van der Waals surface area contributed by atoms with Crippen molar-refractivity contribution in [1.29, 1.82) is 0 Å². The van der Waals surface area contributed by atoms with Crippen LogP contribution in [0, 0.1) is 6.92 Å². The molecule has 0 saturated heterocycles. The van der Waals surface area contributed by atoms with Gasteiger partial charge in [0.15, 0.2) is 5.16 Å². The predicted octanol–water partition coefficient (Wildman–Crippen LogP) is 1.98. The van der Waals surface area contributed by atoms with Crippen molar-refractivity contribution in [1.82, 2.24) is 20.6 Å². The lowest BCUT2D eigenvalue weighted by molar-refractivity contribution is -0.117. The normalized spacial score (nSPS) is 10.3. The molecule has 0 fully saturated rings. The number of nitrogens with zero attached hydrogens (tertiary/aromatic N) is 1. The number of amides is 3. The molecule has 0 unspecified atom stereocenters. The Morgan fingerprint density at radius 1 is 1.48 bits per heavy atom. The minimum Gasteiger partial charge on any atom is -0.334 e. The first-order chi connectivity index (χ1) is 10.1. The molecule has 2 rings (SSSR count). The van der Waals surface area contributed by atoms with Crippen LogP contribution >= 0.6 is 11.8 Å². The smallest absolute Gasteiger partial charge is 0.321 e. The Kier molecular flexibility index (Phi) is 4.99. The van der Waals surface area contributed by atoms with E-state index in [1.807, 2.05) is 25.1 Å². The molecule has 0 spiro atoms. The molecule has 21 heavy (non-hydrogen) atoms. The molecule has 0 aliphatic carbocycles. The number of nitrogens with one attached hydrogen (secondary N) is 3. The molecule has 6 nitrogen and oxygen atoms in total. The maximum atomic E-state index is 11.6. The van der Waals surface area contributed by atoms with Gasteiger partial charge in [0, 0.05) is 6.54 Å². The van der Waals surface area contributed by atoms with Gasteiger partial charge in [0.1, 0.15) is 0 Å². The summed E-state index contributed by atoms with van der Waals surface area (Å²) in [6.07, 6.45) is 1.54. The number of aryl methyl sites for hydroxylation is 1. The molecule has 1 aromatic carbocycles. The number of imide groups is 1. The number of thioether (sulfide) groups is 1. The zero-order valence-electron chi connectivity index (χ0n) is 11.6. The van der Waals surface area contributed by atoms with E-state index in [-0.39, 0.29) is 11.7 Å². The van der Waals surface area contributed by atoms with Crippen molar-refractivity contribution in [3.63, 3.8) is 0 Å². The second-order valence-electron chi connectivity index (χ2n) is 4.40. The molecule has 110 valence electrons. The van der Waals surface area contributed by atoms with Crippen molar-refractivity contribution < 1.29 is 9.59 Å². The molecular weight excluding hydrogens is 288 g/mol. The van der Waals surface area contributed by atoms with Gasteiger partial charge < -0.3 is 10.3 Å². The SMILES string of the molecule is C=CCNC(=O)NC(=O)CSc1nc2ccc(C)cc2[nH]1. The van der Waals surface area contributed by atoms with Gasteiger partial charge >= 0.3 is 6.03 Å². The molecule has 2 aromatic rings. The fourth-order valence-corrected chi connectivity index (χ4v) is 2.36. The summed E-state index contributed by atoms with van der Waals surface area (Å²) >= 11 is 1.25. The van der Waals surface area contributed by atoms with Crippen LogP contribution in [0.4, 0.5) is 4.79 Å². The van der Waals surface area contributed by atoms with Gasteiger partial charge in [-0.25, -0.2) is 9.78 Å². The number of benzene rings is 1. The van der Waals surface area contributed by atoms with E-state index in [4.69, 9.17) is 0 Å². The van der Waals surface area contributed by atoms with Gasteiger partial charge in [0.25, 0.3) is 0 Å². The van der Waals surface area contributed by atoms with Gasteiger partial charge in [-0.1, -0.05) is 23.9 Å². The standard InChI is InChI=1S/C14H16N4O2S/c1-3-6-15-13(20)18-12(19)8-21-14-16-10-5-4-9(2)7-11(10)17-14/h3-5,7H,1,6,8H2,2H3,(H,16,17)(H2,15,18,19,20). The second kappa shape index (κ2) is 6.94. The van der Waals surface area contributed by atoms with Gasteiger partial charge in [0.2, 0.25) is 5.91 Å². The van der Waals surface area contributed by atoms with E-state index >= 15 is 0 Å². The first-order valence-corrected chi connectivity index (χ1v) is 7.35. The Bertz CT molecular complexity index is 681. The van der Waals surface area contributed by atoms with Crippen LogP contribution in [0.5, 0.6) is 0 Å². The summed E-state index contributed by atoms with van der Waals surface area (Å²) in [4.78, 5) is 30.4. The number of rotatable bonds is 5. The summed E-state index contributed by atoms with van der Waals surface area (Å²) in [6, 6.07) is 5.37. The molecule has 0 aliphatic heterocycles. The molecule has 0 radical (unpaired) electrons. The number of aromatic nitrogens is 2. The van der Waals surface area contributed by atoms with E-state index in [1.165, 1.54) is 17.8 Å². The predicted molar refractivity (Wildman–Crippen MR) is 83.3 cm³/mol.